The summed E-state index contributed by atoms with van der Waals surface area (Å²) in [7, 11) is 0. The molecule has 0 radical (unpaired) electrons. The number of ether oxygens (including phenoxy) is 2. The fraction of sp³-hybridized carbons (Fsp3) is 0.182. The van der Waals surface area contributed by atoms with Crippen molar-refractivity contribution in [3.63, 3.8) is 0 Å². The third kappa shape index (κ3) is 4.70. The van der Waals surface area contributed by atoms with Crippen LogP contribution in [0.5, 0.6) is 11.5 Å². The Morgan fingerprint density at radius 1 is 1.12 bits per heavy atom. The van der Waals surface area contributed by atoms with Crippen molar-refractivity contribution < 1.29 is 18.9 Å². The molecule has 0 atom stereocenters. The number of carbonyl (C=O) groups is 1. The minimum absolute atomic E-state index is 0.00167. The molecule has 0 spiro atoms. The van der Waals surface area contributed by atoms with Gasteiger partial charge in [-0.15, -0.1) is 5.10 Å². The average Bonchev–Trinajstić information content (AvgIpc) is 3.47. The van der Waals surface area contributed by atoms with Crippen molar-refractivity contribution in [2.45, 2.75) is 13.8 Å². The van der Waals surface area contributed by atoms with Gasteiger partial charge in [-0.2, -0.15) is 9.78 Å². The number of rotatable bonds is 9. The molecule has 4 aromatic rings. The van der Waals surface area contributed by atoms with E-state index in [4.69, 9.17) is 15.2 Å². The Bertz CT molecular complexity index is 1300. The highest BCUT2D eigenvalue weighted by Gasteiger charge is 2.25. The first-order valence-corrected chi connectivity index (χ1v) is 10.4. The highest BCUT2D eigenvalue weighted by atomic mass is 16.6. The number of nitrogens with two attached hydrogens (primary N) is 1. The third-order valence-electron chi connectivity index (χ3n) is 4.61. The maximum Gasteiger partial charge on any atom is 0.294 e. The predicted octanol–water partition coefficient (Wildman–Crippen LogP) is 2.46. The molecule has 0 fully saturated rings. The summed E-state index contributed by atoms with van der Waals surface area (Å²) >= 11 is 0. The van der Waals surface area contributed by atoms with E-state index in [0.29, 0.717) is 41.5 Å². The summed E-state index contributed by atoms with van der Waals surface area (Å²) in [6, 6.07) is 14.4. The first-order chi connectivity index (χ1) is 16.6. The lowest BCUT2D eigenvalue weighted by Crippen LogP contribution is -2.19. The topological polar surface area (TPSA) is 156 Å². The van der Waals surface area contributed by atoms with Gasteiger partial charge >= 0.3 is 0 Å². The number of hydrazone groups is 1. The van der Waals surface area contributed by atoms with E-state index in [9.17, 15) is 4.79 Å². The molecule has 0 saturated heterocycles. The second-order valence-electron chi connectivity index (χ2n) is 6.80. The summed E-state index contributed by atoms with van der Waals surface area (Å²) in [5.41, 5.74) is 9.97. The van der Waals surface area contributed by atoms with Crippen LogP contribution in [-0.2, 0) is 0 Å². The lowest BCUT2D eigenvalue weighted by molar-refractivity contribution is 0.0950. The monoisotopic (exact) mass is 462 g/mol. The number of hydrogen-bond acceptors (Lipinski definition) is 10. The number of hydrogen-bond donors (Lipinski definition) is 2. The summed E-state index contributed by atoms with van der Waals surface area (Å²) in [6.07, 6.45) is 1.49. The average molecular weight is 462 g/mol. The van der Waals surface area contributed by atoms with Crippen molar-refractivity contribution in [3.05, 3.63) is 59.8 Å². The maximum atomic E-state index is 13.0. The number of para-hydroxylation sites is 1. The van der Waals surface area contributed by atoms with Gasteiger partial charge in [-0.05, 0) is 60.6 Å². The summed E-state index contributed by atoms with van der Waals surface area (Å²) < 4.78 is 17.0. The van der Waals surface area contributed by atoms with E-state index in [1.165, 1.54) is 10.9 Å². The zero-order valence-corrected chi connectivity index (χ0v) is 18.5. The normalized spacial score (nSPS) is 11.0. The van der Waals surface area contributed by atoms with Gasteiger partial charge in [0.2, 0.25) is 11.6 Å². The molecule has 3 N–H and O–H groups in total. The largest absolute Gasteiger partial charge is 0.494 e. The molecule has 0 unspecified atom stereocenters. The fourth-order valence-electron chi connectivity index (χ4n) is 3.14. The van der Waals surface area contributed by atoms with E-state index >= 15 is 0 Å². The van der Waals surface area contributed by atoms with Gasteiger partial charge in [0.05, 0.1) is 19.4 Å². The SMILES string of the molecule is CCOc1ccc(-c2c(C(=O)NN=Cc3ccccc3OCC)nnn2-c2nonc2N)cc1. The number of amides is 1. The van der Waals surface area contributed by atoms with Gasteiger partial charge in [-0.1, -0.05) is 17.3 Å². The van der Waals surface area contributed by atoms with Crippen LogP contribution in [0.1, 0.15) is 29.9 Å². The van der Waals surface area contributed by atoms with Gasteiger partial charge in [0, 0.05) is 11.1 Å². The van der Waals surface area contributed by atoms with Crippen molar-refractivity contribution in [1.29, 1.82) is 0 Å². The lowest BCUT2D eigenvalue weighted by atomic mass is 10.1. The molecular weight excluding hydrogens is 440 g/mol. The summed E-state index contributed by atoms with van der Waals surface area (Å²) in [5, 5.41) is 19.5. The highest BCUT2D eigenvalue weighted by Crippen LogP contribution is 2.28. The van der Waals surface area contributed by atoms with Gasteiger partial charge in [-0.3, -0.25) is 4.79 Å². The molecule has 4 rings (SSSR count). The Hall–Kier alpha value is -4.74. The smallest absolute Gasteiger partial charge is 0.294 e. The van der Waals surface area contributed by atoms with Gasteiger partial charge < -0.3 is 15.2 Å². The number of anilines is 1. The van der Waals surface area contributed by atoms with Crippen LogP contribution in [0.25, 0.3) is 17.1 Å². The second kappa shape index (κ2) is 10.3. The molecule has 12 heteroatoms. The van der Waals surface area contributed by atoms with Crippen LogP contribution in [0.2, 0.25) is 0 Å². The number of nitrogens with one attached hydrogen (secondary N) is 1. The van der Waals surface area contributed by atoms with Crippen LogP contribution in [0.4, 0.5) is 5.82 Å². The van der Waals surface area contributed by atoms with E-state index in [-0.39, 0.29) is 17.3 Å². The van der Waals surface area contributed by atoms with Crippen LogP contribution in [0.3, 0.4) is 0 Å². The molecule has 0 aliphatic carbocycles. The zero-order valence-electron chi connectivity index (χ0n) is 18.5. The summed E-state index contributed by atoms with van der Waals surface area (Å²) in [5.74, 6) is 0.837. The zero-order chi connectivity index (χ0) is 23.9. The molecule has 0 saturated carbocycles. The Morgan fingerprint density at radius 2 is 1.88 bits per heavy atom. The summed E-state index contributed by atoms with van der Waals surface area (Å²) in [4.78, 5) is 13.0. The molecule has 34 heavy (non-hydrogen) atoms. The predicted molar refractivity (Wildman–Crippen MR) is 123 cm³/mol. The molecule has 1 amide bonds. The molecule has 0 bridgehead atoms. The van der Waals surface area contributed by atoms with E-state index in [1.54, 1.807) is 24.3 Å². The van der Waals surface area contributed by atoms with Gasteiger partial charge in [0.15, 0.2) is 5.69 Å². The molecule has 2 aromatic heterocycles. The second-order valence-corrected chi connectivity index (χ2v) is 6.80. The number of carbonyl (C=O) groups excluding carboxylic acids is 1. The van der Waals surface area contributed by atoms with E-state index in [0.717, 1.165) is 0 Å². The molecule has 0 aliphatic heterocycles. The lowest BCUT2D eigenvalue weighted by Gasteiger charge is -2.08. The van der Waals surface area contributed by atoms with Crippen LogP contribution in [0.15, 0.2) is 58.3 Å². The van der Waals surface area contributed by atoms with Crippen molar-refractivity contribution in [1.82, 2.24) is 30.7 Å². The third-order valence-corrected chi connectivity index (χ3v) is 4.61. The van der Waals surface area contributed by atoms with Crippen LogP contribution in [0, 0.1) is 0 Å². The van der Waals surface area contributed by atoms with Gasteiger partial charge in [0.1, 0.15) is 17.2 Å². The van der Waals surface area contributed by atoms with E-state index < -0.39 is 5.91 Å². The first-order valence-electron chi connectivity index (χ1n) is 10.4. The van der Waals surface area contributed by atoms with Crippen molar-refractivity contribution in [2.24, 2.45) is 5.10 Å². The van der Waals surface area contributed by atoms with E-state index in [2.05, 4.69) is 35.8 Å². The van der Waals surface area contributed by atoms with Crippen LogP contribution >= 0.6 is 0 Å². The number of nitrogen functional groups attached to an aromatic ring is 1. The van der Waals surface area contributed by atoms with Crippen molar-refractivity contribution >= 4 is 17.9 Å². The molecule has 12 nitrogen and oxygen atoms in total. The van der Waals surface area contributed by atoms with Crippen LogP contribution in [-0.4, -0.2) is 50.6 Å². The van der Waals surface area contributed by atoms with Gasteiger partial charge in [-0.25, -0.2) is 10.1 Å². The molecular formula is C22H22N8O4. The quantitative estimate of drug-likeness (QED) is 0.282. The summed E-state index contributed by atoms with van der Waals surface area (Å²) in [6.45, 7) is 4.81. The van der Waals surface area contributed by atoms with Crippen molar-refractivity contribution in [2.75, 3.05) is 18.9 Å². The molecule has 2 heterocycles. The highest BCUT2D eigenvalue weighted by molar-refractivity contribution is 5.99. The van der Waals surface area contributed by atoms with Gasteiger partial charge in [0.25, 0.3) is 5.91 Å². The Balaban J connectivity index is 1.66. The Morgan fingerprint density at radius 3 is 2.59 bits per heavy atom. The van der Waals surface area contributed by atoms with Crippen LogP contribution < -0.4 is 20.6 Å². The number of benzene rings is 2. The van der Waals surface area contributed by atoms with E-state index in [1.807, 2.05) is 38.1 Å². The van der Waals surface area contributed by atoms with Crippen molar-refractivity contribution in [3.8, 4) is 28.6 Å². The maximum absolute atomic E-state index is 13.0. The standard InChI is InChI=1S/C22H22N8O4/c1-3-32-16-11-9-14(10-12-16)19-18(25-29-30(19)21-20(23)27-34-28-21)22(31)26-24-13-15-7-5-6-8-17(15)33-4-2/h5-13H,3-4H2,1-2H3,(H2,23,27)(H,26,31). The molecule has 0 aliphatic rings. The fourth-order valence-corrected chi connectivity index (χ4v) is 3.14. The molecule has 2 aromatic carbocycles. The molecule has 174 valence electrons. The number of aromatic nitrogens is 5. The number of nitrogens with zero attached hydrogens (tertiary/aromatic N) is 6. The first kappa shape index (κ1) is 22.5. The Kier molecular flexibility index (Phi) is 6.77. The minimum Gasteiger partial charge on any atom is -0.494 e. The Labute approximate surface area is 194 Å². The minimum atomic E-state index is -0.588.